The van der Waals surface area contributed by atoms with Crippen molar-refractivity contribution in [3.63, 3.8) is 0 Å². The minimum atomic E-state index is -3.68. The number of nitrogens with zero attached hydrogens (tertiary/aromatic N) is 4. The number of pyridine rings is 1. The van der Waals surface area contributed by atoms with Crippen molar-refractivity contribution < 1.29 is 22.0 Å². The Morgan fingerprint density at radius 2 is 1.90 bits per heavy atom. The summed E-state index contributed by atoms with van der Waals surface area (Å²) in [6.45, 7) is 4.16. The Hall–Kier alpha value is -2.57. The van der Waals surface area contributed by atoms with Crippen LogP contribution in [0.3, 0.4) is 0 Å². The molecule has 160 valence electrons. The number of carbonyl (C=O) groups excluding carboxylic acids is 1. The van der Waals surface area contributed by atoms with Crippen molar-refractivity contribution in [2.75, 3.05) is 24.2 Å². The second-order valence-electron chi connectivity index (χ2n) is 6.13. The maximum atomic E-state index is 13.7. The number of sulfonamides is 1. The van der Waals surface area contributed by atoms with Gasteiger partial charge in [0.05, 0.1) is 16.3 Å². The molecular weight excluding hydrogens is 436 g/mol. The van der Waals surface area contributed by atoms with Gasteiger partial charge < -0.3 is 5.32 Å². The number of aromatic nitrogens is 3. The first-order valence-electron chi connectivity index (χ1n) is 8.99. The lowest BCUT2D eigenvalue weighted by molar-refractivity contribution is -0.113. The Balaban J connectivity index is 1.78. The standard InChI is InChI=1S/C18H19F2N5O3S2/c1-3-24(4-2)30(27,28)13-6-8-16-22-23-18(25(16)10-13)29-11-17(26)21-15-9-12(19)5-7-14(15)20/h5-10H,3-4,11H2,1-2H3,(H,21,26). The van der Waals surface area contributed by atoms with Gasteiger partial charge in [-0.05, 0) is 24.3 Å². The summed E-state index contributed by atoms with van der Waals surface area (Å²) in [6.07, 6.45) is 1.40. The zero-order chi connectivity index (χ0) is 21.9. The third-order valence-electron chi connectivity index (χ3n) is 4.22. The molecule has 1 aromatic carbocycles. The van der Waals surface area contributed by atoms with Crippen molar-refractivity contribution in [1.29, 1.82) is 0 Å². The number of fused-ring (bicyclic) bond motifs is 1. The molecule has 2 heterocycles. The summed E-state index contributed by atoms with van der Waals surface area (Å²) in [5, 5.41) is 10.5. The van der Waals surface area contributed by atoms with Crippen molar-refractivity contribution in [3.05, 3.63) is 48.2 Å². The predicted molar refractivity (Wildman–Crippen MR) is 109 cm³/mol. The van der Waals surface area contributed by atoms with Gasteiger partial charge in [0.2, 0.25) is 15.9 Å². The van der Waals surface area contributed by atoms with Crippen LogP contribution in [0.15, 0.2) is 46.6 Å². The number of rotatable bonds is 8. The number of carbonyl (C=O) groups is 1. The minimum absolute atomic E-state index is 0.0756. The first-order valence-corrected chi connectivity index (χ1v) is 11.4. The molecule has 2 aromatic heterocycles. The van der Waals surface area contributed by atoms with Gasteiger partial charge in [-0.1, -0.05) is 25.6 Å². The van der Waals surface area contributed by atoms with Crippen molar-refractivity contribution >= 4 is 39.0 Å². The largest absolute Gasteiger partial charge is 0.323 e. The summed E-state index contributed by atoms with van der Waals surface area (Å²) in [5.74, 6) is -2.17. The Morgan fingerprint density at radius 3 is 2.60 bits per heavy atom. The average Bonchev–Trinajstić information content (AvgIpc) is 3.12. The quantitative estimate of drug-likeness (QED) is 0.525. The van der Waals surface area contributed by atoms with Gasteiger partial charge in [-0.2, -0.15) is 4.31 Å². The van der Waals surface area contributed by atoms with Gasteiger partial charge in [0.1, 0.15) is 11.6 Å². The SMILES string of the molecule is CCN(CC)S(=O)(=O)c1ccc2nnc(SCC(=O)Nc3cc(F)ccc3F)n2c1. The third kappa shape index (κ3) is 4.60. The number of amides is 1. The second-order valence-corrected chi connectivity index (χ2v) is 9.01. The summed E-state index contributed by atoms with van der Waals surface area (Å²) in [5.41, 5.74) is 0.145. The van der Waals surface area contributed by atoms with Gasteiger partial charge in [0, 0.05) is 25.4 Å². The molecule has 0 spiro atoms. The van der Waals surface area contributed by atoms with Gasteiger partial charge in [-0.3, -0.25) is 9.20 Å². The van der Waals surface area contributed by atoms with E-state index in [4.69, 9.17) is 0 Å². The lowest BCUT2D eigenvalue weighted by Gasteiger charge is -2.18. The van der Waals surface area contributed by atoms with Crippen molar-refractivity contribution in [2.24, 2.45) is 0 Å². The molecule has 1 amide bonds. The first kappa shape index (κ1) is 22.1. The number of nitrogens with one attached hydrogen (secondary N) is 1. The number of anilines is 1. The molecule has 3 aromatic rings. The van der Waals surface area contributed by atoms with E-state index in [9.17, 15) is 22.0 Å². The van der Waals surface area contributed by atoms with E-state index in [2.05, 4.69) is 15.5 Å². The van der Waals surface area contributed by atoms with Crippen LogP contribution >= 0.6 is 11.8 Å². The molecule has 3 rings (SSSR count). The zero-order valence-electron chi connectivity index (χ0n) is 16.2. The molecular formula is C18H19F2N5O3S2. The highest BCUT2D eigenvalue weighted by molar-refractivity contribution is 7.99. The highest BCUT2D eigenvalue weighted by Crippen LogP contribution is 2.22. The number of hydrogen-bond donors (Lipinski definition) is 1. The van der Waals surface area contributed by atoms with Crippen LogP contribution in [-0.2, 0) is 14.8 Å². The molecule has 0 aliphatic carbocycles. The Labute approximate surface area is 176 Å². The van der Waals surface area contributed by atoms with Crippen LogP contribution in [0.5, 0.6) is 0 Å². The molecule has 0 fully saturated rings. The van der Waals surface area contributed by atoms with E-state index in [1.807, 2.05) is 0 Å². The predicted octanol–water partition coefficient (Wildman–Crippen LogP) is 2.77. The van der Waals surface area contributed by atoms with E-state index in [-0.39, 0.29) is 21.5 Å². The number of thioether (sulfide) groups is 1. The van der Waals surface area contributed by atoms with E-state index in [1.54, 1.807) is 13.8 Å². The molecule has 12 heteroatoms. The van der Waals surface area contributed by atoms with Crippen LogP contribution in [0.1, 0.15) is 13.8 Å². The summed E-state index contributed by atoms with van der Waals surface area (Å²) in [4.78, 5) is 12.2. The number of benzene rings is 1. The van der Waals surface area contributed by atoms with E-state index < -0.39 is 27.6 Å². The number of hydrogen-bond acceptors (Lipinski definition) is 6. The van der Waals surface area contributed by atoms with E-state index in [0.29, 0.717) is 18.7 Å². The van der Waals surface area contributed by atoms with Crippen LogP contribution in [0, 0.1) is 11.6 Å². The van der Waals surface area contributed by atoms with Gasteiger partial charge in [0.15, 0.2) is 10.8 Å². The fourth-order valence-corrected chi connectivity index (χ4v) is 4.90. The molecule has 0 radical (unpaired) electrons. The average molecular weight is 456 g/mol. The van der Waals surface area contributed by atoms with Crippen molar-refractivity contribution in [1.82, 2.24) is 18.9 Å². The highest BCUT2D eigenvalue weighted by atomic mass is 32.2. The van der Waals surface area contributed by atoms with E-state index in [0.717, 1.165) is 30.0 Å². The second kappa shape index (κ2) is 9.06. The zero-order valence-corrected chi connectivity index (χ0v) is 17.8. The monoisotopic (exact) mass is 455 g/mol. The normalized spacial score (nSPS) is 11.9. The summed E-state index contributed by atoms with van der Waals surface area (Å²) < 4.78 is 55.1. The molecule has 1 N–H and O–H groups in total. The van der Waals surface area contributed by atoms with E-state index >= 15 is 0 Å². The highest BCUT2D eigenvalue weighted by Gasteiger charge is 2.23. The topological polar surface area (TPSA) is 96.7 Å². The van der Waals surface area contributed by atoms with Crippen molar-refractivity contribution in [3.8, 4) is 0 Å². The Morgan fingerprint density at radius 1 is 1.17 bits per heavy atom. The molecule has 0 aliphatic rings. The molecule has 0 atom stereocenters. The molecule has 0 bridgehead atoms. The molecule has 0 unspecified atom stereocenters. The summed E-state index contributed by atoms with van der Waals surface area (Å²) in [7, 11) is -3.68. The molecule has 0 saturated heterocycles. The lowest BCUT2D eigenvalue weighted by atomic mass is 10.3. The van der Waals surface area contributed by atoms with Crippen LogP contribution < -0.4 is 5.32 Å². The maximum Gasteiger partial charge on any atom is 0.244 e. The van der Waals surface area contributed by atoms with Gasteiger partial charge in [-0.15, -0.1) is 10.2 Å². The molecule has 0 aliphatic heterocycles. The molecule has 30 heavy (non-hydrogen) atoms. The van der Waals surface area contributed by atoms with Gasteiger partial charge in [0.25, 0.3) is 0 Å². The smallest absolute Gasteiger partial charge is 0.244 e. The first-order chi connectivity index (χ1) is 14.3. The van der Waals surface area contributed by atoms with Crippen LogP contribution in [-0.4, -0.2) is 52.1 Å². The molecule has 0 saturated carbocycles. The number of halogens is 2. The summed E-state index contributed by atoms with van der Waals surface area (Å²) >= 11 is 0.986. The van der Waals surface area contributed by atoms with Gasteiger partial charge in [-0.25, -0.2) is 17.2 Å². The Bertz CT molecular complexity index is 1180. The van der Waals surface area contributed by atoms with E-state index in [1.165, 1.54) is 27.0 Å². The third-order valence-corrected chi connectivity index (χ3v) is 7.20. The fraction of sp³-hybridized carbons (Fsp3) is 0.278. The maximum absolute atomic E-state index is 13.7. The van der Waals surface area contributed by atoms with Crippen LogP contribution in [0.25, 0.3) is 5.65 Å². The van der Waals surface area contributed by atoms with Crippen LogP contribution in [0.4, 0.5) is 14.5 Å². The summed E-state index contributed by atoms with van der Waals surface area (Å²) in [6, 6.07) is 5.73. The van der Waals surface area contributed by atoms with Gasteiger partial charge >= 0.3 is 0 Å². The Kier molecular flexibility index (Phi) is 6.68. The molecule has 8 nitrogen and oxygen atoms in total. The van der Waals surface area contributed by atoms with Crippen LogP contribution in [0.2, 0.25) is 0 Å². The fourth-order valence-electron chi connectivity index (χ4n) is 2.72. The van der Waals surface area contributed by atoms with Crippen molar-refractivity contribution in [2.45, 2.75) is 23.9 Å². The lowest BCUT2D eigenvalue weighted by Crippen LogP contribution is -2.30. The minimum Gasteiger partial charge on any atom is -0.323 e.